The van der Waals surface area contributed by atoms with Crippen molar-refractivity contribution in [3.63, 3.8) is 0 Å². The van der Waals surface area contributed by atoms with Crippen LogP contribution in [-0.2, 0) is 6.42 Å². The van der Waals surface area contributed by atoms with Crippen LogP contribution in [-0.4, -0.2) is 34.5 Å². The summed E-state index contributed by atoms with van der Waals surface area (Å²) in [5, 5.41) is 15.6. The molecule has 27 heavy (non-hydrogen) atoms. The zero-order chi connectivity index (χ0) is 19.6. The van der Waals surface area contributed by atoms with E-state index in [1.165, 1.54) is 11.1 Å². The van der Waals surface area contributed by atoms with Gasteiger partial charge in [-0.1, -0.05) is 45.9 Å². The van der Waals surface area contributed by atoms with Crippen molar-refractivity contribution in [2.24, 2.45) is 5.92 Å². The molecular weight excluding hydrogens is 336 g/mol. The van der Waals surface area contributed by atoms with Crippen molar-refractivity contribution in [3.05, 3.63) is 53.9 Å². The summed E-state index contributed by atoms with van der Waals surface area (Å²) in [5.41, 5.74) is 6.67. The molecule has 0 radical (unpaired) electrons. The third-order valence-corrected chi connectivity index (χ3v) is 4.86. The van der Waals surface area contributed by atoms with E-state index in [1.807, 2.05) is 58.3 Å². The van der Waals surface area contributed by atoms with Gasteiger partial charge in [-0.05, 0) is 61.5 Å². The minimum Gasteiger partial charge on any atom is -0.317 e. The van der Waals surface area contributed by atoms with E-state index in [4.69, 9.17) is 0 Å². The van der Waals surface area contributed by atoms with Crippen LogP contribution in [0.25, 0.3) is 10.9 Å². The van der Waals surface area contributed by atoms with Gasteiger partial charge in [0.15, 0.2) is 0 Å². The average Bonchev–Trinajstić information content (AvgIpc) is 3.11. The highest BCUT2D eigenvalue weighted by molar-refractivity contribution is 5.78. The molecule has 3 N–H and O–H groups in total. The molecule has 0 spiro atoms. The predicted molar refractivity (Wildman–Crippen MR) is 112 cm³/mol. The third-order valence-electron chi connectivity index (χ3n) is 4.86. The van der Waals surface area contributed by atoms with Crippen molar-refractivity contribution < 1.29 is 5.21 Å². The van der Waals surface area contributed by atoms with Crippen LogP contribution in [0.2, 0.25) is 0 Å². The highest BCUT2D eigenvalue weighted by Crippen LogP contribution is 2.29. The molecule has 0 aliphatic carbocycles. The number of fused-ring (bicyclic) bond motifs is 1. The van der Waals surface area contributed by atoms with Gasteiger partial charge in [-0.25, -0.2) is 5.43 Å². The number of aromatic nitrogens is 1. The van der Waals surface area contributed by atoms with Gasteiger partial charge in [-0.15, -0.1) is 0 Å². The smallest absolute Gasteiger partial charge is 0.0702 e. The molecule has 2 aliphatic heterocycles. The van der Waals surface area contributed by atoms with Crippen LogP contribution in [0.5, 0.6) is 0 Å². The highest BCUT2D eigenvalue weighted by Gasteiger charge is 2.30. The number of piperidine rings is 1. The van der Waals surface area contributed by atoms with Gasteiger partial charge < -0.3 is 5.32 Å². The standard InChI is InChI=1S/C18H22N4O.2C2H6/c23-22-12-16(14-5-7-19-8-6-14)18(21-22)10-13-9-15-3-1-2-4-17(15)20-11-13;2*1-2/h1-4,9,11-12,14,18-19,21,23H,5-8,10H2;2*1-2H3. The van der Waals surface area contributed by atoms with Gasteiger partial charge in [-0.3, -0.25) is 10.2 Å². The lowest BCUT2D eigenvalue weighted by molar-refractivity contribution is -0.0839. The van der Waals surface area contributed by atoms with E-state index in [0.717, 1.165) is 48.4 Å². The minimum atomic E-state index is 0.145. The molecule has 2 aromatic rings. The number of pyridine rings is 1. The predicted octanol–water partition coefficient (Wildman–Crippen LogP) is 4.29. The van der Waals surface area contributed by atoms with E-state index >= 15 is 0 Å². The van der Waals surface area contributed by atoms with Crippen molar-refractivity contribution in [1.29, 1.82) is 0 Å². The normalized spacial score (nSPS) is 19.7. The summed E-state index contributed by atoms with van der Waals surface area (Å²) in [6.07, 6.45) is 6.91. The zero-order valence-electron chi connectivity index (χ0n) is 17.1. The van der Waals surface area contributed by atoms with Crippen molar-refractivity contribution >= 4 is 10.9 Å². The lowest BCUT2D eigenvalue weighted by Gasteiger charge is -2.27. The van der Waals surface area contributed by atoms with Gasteiger partial charge in [0.25, 0.3) is 0 Å². The molecule has 3 heterocycles. The van der Waals surface area contributed by atoms with Gasteiger partial charge in [0.1, 0.15) is 0 Å². The molecule has 0 amide bonds. The lowest BCUT2D eigenvalue weighted by atomic mass is 9.85. The SMILES string of the molecule is CC.CC.ON1C=C(C2CCNCC2)C(Cc2cnc3ccccc3c2)N1. The fourth-order valence-electron chi connectivity index (χ4n) is 3.68. The number of hydrogen-bond acceptors (Lipinski definition) is 5. The van der Waals surface area contributed by atoms with Gasteiger partial charge >= 0.3 is 0 Å². The van der Waals surface area contributed by atoms with Crippen LogP contribution in [0.15, 0.2) is 48.3 Å². The molecule has 5 heteroatoms. The summed E-state index contributed by atoms with van der Waals surface area (Å²) in [6.45, 7) is 10.1. The first-order chi connectivity index (χ1) is 13.3. The maximum Gasteiger partial charge on any atom is 0.0702 e. The summed E-state index contributed by atoms with van der Waals surface area (Å²) in [5.74, 6) is 0.541. The number of hydroxylamine groups is 1. The fourth-order valence-corrected chi connectivity index (χ4v) is 3.68. The monoisotopic (exact) mass is 370 g/mol. The van der Waals surface area contributed by atoms with E-state index in [0.29, 0.717) is 5.92 Å². The summed E-state index contributed by atoms with van der Waals surface area (Å²) >= 11 is 0. The van der Waals surface area contributed by atoms with Crippen LogP contribution in [0.4, 0.5) is 0 Å². The van der Waals surface area contributed by atoms with Gasteiger partial charge in [0, 0.05) is 17.8 Å². The molecule has 0 bridgehead atoms. The topological polar surface area (TPSA) is 60.4 Å². The molecule has 2 aliphatic rings. The first kappa shape index (κ1) is 21.4. The molecule has 148 valence electrons. The van der Waals surface area contributed by atoms with Gasteiger partial charge in [-0.2, -0.15) is 5.17 Å². The summed E-state index contributed by atoms with van der Waals surface area (Å²) in [6, 6.07) is 10.5. The van der Waals surface area contributed by atoms with Gasteiger partial charge in [0.05, 0.1) is 11.6 Å². The Morgan fingerprint density at radius 2 is 1.81 bits per heavy atom. The summed E-state index contributed by atoms with van der Waals surface area (Å²) in [7, 11) is 0. The number of benzene rings is 1. The van der Waals surface area contributed by atoms with Crippen molar-refractivity contribution in [1.82, 2.24) is 20.9 Å². The molecule has 1 atom stereocenters. The molecule has 1 saturated heterocycles. The molecule has 1 aromatic carbocycles. The van der Waals surface area contributed by atoms with Crippen LogP contribution in [0, 0.1) is 5.92 Å². The first-order valence-electron chi connectivity index (χ1n) is 10.3. The molecule has 1 unspecified atom stereocenters. The molecular formula is C22H34N4O. The fraction of sp³-hybridized carbons (Fsp3) is 0.500. The largest absolute Gasteiger partial charge is 0.317 e. The number of rotatable bonds is 3. The number of nitrogens with one attached hydrogen (secondary N) is 2. The Hall–Kier alpha value is -1.95. The second kappa shape index (κ2) is 11.0. The Morgan fingerprint density at radius 1 is 1.11 bits per heavy atom. The van der Waals surface area contributed by atoms with Crippen molar-refractivity contribution in [3.8, 4) is 0 Å². The third kappa shape index (κ3) is 5.51. The van der Waals surface area contributed by atoms with E-state index in [1.54, 1.807) is 0 Å². The van der Waals surface area contributed by atoms with Crippen molar-refractivity contribution in [2.45, 2.75) is 53.0 Å². The van der Waals surface area contributed by atoms with Crippen LogP contribution < -0.4 is 10.7 Å². The Labute approximate surface area is 163 Å². The quantitative estimate of drug-likeness (QED) is 0.752. The number of nitrogens with zero attached hydrogens (tertiary/aromatic N) is 2. The molecule has 0 saturated carbocycles. The molecule has 5 nitrogen and oxygen atoms in total. The first-order valence-corrected chi connectivity index (χ1v) is 10.3. The maximum absolute atomic E-state index is 9.87. The lowest BCUT2D eigenvalue weighted by Crippen LogP contribution is -2.38. The number of hydrogen-bond donors (Lipinski definition) is 3. The number of para-hydroxylation sites is 1. The second-order valence-corrected chi connectivity index (χ2v) is 6.42. The van der Waals surface area contributed by atoms with Crippen molar-refractivity contribution in [2.75, 3.05) is 13.1 Å². The molecule has 1 fully saturated rings. The number of hydrazine groups is 1. The zero-order valence-corrected chi connectivity index (χ0v) is 17.1. The molecule has 1 aromatic heterocycles. The van der Waals surface area contributed by atoms with Crippen LogP contribution >= 0.6 is 0 Å². The summed E-state index contributed by atoms with van der Waals surface area (Å²) in [4.78, 5) is 4.55. The second-order valence-electron chi connectivity index (χ2n) is 6.42. The Bertz CT molecular complexity index is 725. The van der Waals surface area contributed by atoms with Crippen LogP contribution in [0.3, 0.4) is 0 Å². The Balaban J connectivity index is 0.000000614. The van der Waals surface area contributed by atoms with E-state index in [-0.39, 0.29) is 6.04 Å². The minimum absolute atomic E-state index is 0.145. The van der Waals surface area contributed by atoms with E-state index in [9.17, 15) is 5.21 Å². The summed E-state index contributed by atoms with van der Waals surface area (Å²) < 4.78 is 0. The van der Waals surface area contributed by atoms with E-state index in [2.05, 4.69) is 27.9 Å². The Morgan fingerprint density at radius 3 is 2.56 bits per heavy atom. The van der Waals surface area contributed by atoms with Gasteiger partial charge in [0.2, 0.25) is 0 Å². The van der Waals surface area contributed by atoms with E-state index < -0.39 is 0 Å². The highest BCUT2D eigenvalue weighted by atomic mass is 16.5. The molecule has 4 rings (SSSR count). The maximum atomic E-state index is 9.87. The Kier molecular flexibility index (Phi) is 8.72. The van der Waals surface area contributed by atoms with Crippen LogP contribution in [0.1, 0.15) is 46.1 Å². The average molecular weight is 371 g/mol.